The molecular weight excluding hydrogens is 190 g/mol. The van der Waals surface area contributed by atoms with Crippen LogP contribution in [0.3, 0.4) is 0 Å². The quantitative estimate of drug-likeness (QED) is 0.770. The zero-order chi connectivity index (χ0) is 10.5. The van der Waals surface area contributed by atoms with E-state index in [4.69, 9.17) is 0 Å². The number of hydrogen-bond acceptors (Lipinski definition) is 2. The van der Waals surface area contributed by atoms with E-state index in [0.29, 0.717) is 0 Å². The lowest BCUT2D eigenvalue weighted by Crippen LogP contribution is -2.19. The molecular formula is C12H13NO2. The number of aliphatic carboxylic acids is 1. The third-order valence-electron chi connectivity index (χ3n) is 3.53. The van der Waals surface area contributed by atoms with Gasteiger partial charge in [0.1, 0.15) is 0 Å². The Morgan fingerprint density at radius 1 is 1.40 bits per heavy atom. The van der Waals surface area contributed by atoms with Crippen LogP contribution < -0.4 is 5.32 Å². The van der Waals surface area contributed by atoms with Gasteiger partial charge in [-0.05, 0) is 36.5 Å². The van der Waals surface area contributed by atoms with Crippen LogP contribution in [-0.4, -0.2) is 17.6 Å². The Kier molecular flexibility index (Phi) is 1.61. The van der Waals surface area contributed by atoms with Crippen LogP contribution in [0.4, 0.5) is 5.69 Å². The Labute approximate surface area is 88.1 Å². The molecule has 1 aliphatic carbocycles. The van der Waals surface area contributed by atoms with Crippen molar-refractivity contribution in [3.8, 4) is 0 Å². The van der Waals surface area contributed by atoms with Crippen molar-refractivity contribution in [2.75, 3.05) is 11.9 Å². The van der Waals surface area contributed by atoms with Crippen LogP contribution in [0.2, 0.25) is 0 Å². The molecule has 0 bridgehead atoms. The van der Waals surface area contributed by atoms with E-state index in [1.54, 1.807) is 0 Å². The number of anilines is 1. The van der Waals surface area contributed by atoms with Gasteiger partial charge in [-0.25, -0.2) is 0 Å². The van der Waals surface area contributed by atoms with Crippen molar-refractivity contribution >= 4 is 11.7 Å². The number of benzene rings is 1. The molecule has 15 heavy (non-hydrogen) atoms. The summed E-state index contributed by atoms with van der Waals surface area (Å²) in [5.41, 5.74) is 2.82. The van der Waals surface area contributed by atoms with Gasteiger partial charge in [-0.15, -0.1) is 0 Å². The molecule has 3 nitrogen and oxygen atoms in total. The van der Waals surface area contributed by atoms with Gasteiger partial charge >= 0.3 is 5.97 Å². The highest BCUT2D eigenvalue weighted by atomic mass is 16.4. The summed E-state index contributed by atoms with van der Waals surface area (Å²) in [6.45, 7) is 0.971. The largest absolute Gasteiger partial charge is 0.481 e. The number of rotatable bonds is 2. The van der Waals surface area contributed by atoms with Gasteiger partial charge in [-0.2, -0.15) is 0 Å². The van der Waals surface area contributed by atoms with Crippen LogP contribution >= 0.6 is 0 Å². The van der Waals surface area contributed by atoms with Crippen LogP contribution in [0, 0.1) is 0 Å². The maximum absolute atomic E-state index is 11.2. The van der Waals surface area contributed by atoms with Crippen molar-refractivity contribution in [2.24, 2.45) is 0 Å². The van der Waals surface area contributed by atoms with Gasteiger partial charge in [0.05, 0.1) is 5.41 Å². The monoisotopic (exact) mass is 203 g/mol. The second-order valence-electron chi connectivity index (χ2n) is 4.44. The molecule has 0 atom stereocenters. The van der Waals surface area contributed by atoms with Gasteiger partial charge in [0, 0.05) is 12.2 Å². The van der Waals surface area contributed by atoms with Crippen molar-refractivity contribution in [1.29, 1.82) is 0 Å². The second kappa shape index (κ2) is 2.75. The molecule has 3 rings (SSSR count). The summed E-state index contributed by atoms with van der Waals surface area (Å²) in [4.78, 5) is 11.2. The zero-order valence-corrected chi connectivity index (χ0v) is 8.42. The Morgan fingerprint density at radius 2 is 2.20 bits per heavy atom. The van der Waals surface area contributed by atoms with E-state index < -0.39 is 11.4 Å². The van der Waals surface area contributed by atoms with Crippen molar-refractivity contribution in [3.05, 3.63) is 29.3 Å². The normalized spacial score (nSPS) is 20.5. The van der Waals surface area contributed by atoms with Gasteiger partial charge in [-0.1, -0.05) is 12.1 Å². The topological polar surface area (TPSA) is 49.3 Å². The Bertz CT molecular complexity index is 435. The molecule has 3 heteroatoms. The average molecular weight is 203 g/mol. The van der Waals surface area contributed by atoms with E-state index in [1.807, 2.05) is 12.1 Å². The highest BCUT2D eigenvalue weighted by Crippen LogP contribution is 2.49. The predicted molar refractivity (Wildman–Crippen MR) is 57.2 cm³/mol. The fraction of sp³-hybridized carbons (Fsp3) is 0.417. The maximum atomic E-state index is 11.2. The molecule has 0 aromatic heterocycles. The minimum absolute atomic E-state index is 0.570. The predicted octanol–water partition coefficient (Wildman–Crippen LogP) is 1.77. The highest BCUT2D eigenvalue weighted by molar-refractivity contribution is 5.85. The van der Waals surface area contributed by atoms with Crippen LogP contribution in [0.25, 0.3) is 0 Å². The maximum Gasteiger partial charge on any atom is 0.314 e. The Hall–Kier alpha value is -1.51. The molecule has 1 fully saturated rings. The fourth-order valence-electron chi connectivity index (χ4n) is 2.34. The van der Waals surface area contributed by atoms with Crippen LogP contribution in [0.5, 0.6) is 0 Å². The van der Waals surface area contributed by atoms with E-state index in [0.717, 1.165) is 37.1 Å². The summed E-state index contributed by atoms with van der Waals surface area (Å²) in [5.74, 6) is -0.680. The van der Waals surface area contributed by atoms with Crippen molar-refractivity contribution in [1.82, 2.24) is 0 Å². The number of fused-ring (bicyclic) bond motifs is 1. The molecule has 1 heterocycles. The summed E-state index contributed by atoms with van der Waals surface area (Å²) < 4.78 is 0. The van der Waals surface area contributed by atoms with E-state index in [2.05, 4.69) is 11.4 Å². The lowest BCUT2D eigenvalue weighted by atomic mass is 9.94. The van der Waals surface area contributed by atoms with Gasteiger partial charge in [0.15, 0.2) is 0 Å². The molecule has 78 valence electrons. The van der Waals surface area contributed by atoms with Gasteiger partial charge in [0.2, 0.25) is 0 Å². The lowest BCUT2D eigenvalue weighted by molar-refractivity contribution is -0.140. The summed E-state index contributed by atoms with van der Waals surface area (Å²) in [5, 5.41) is 12.5. The van der Waals surface area contributed by atoms with Crippen molar-refractivity contribution < 1.29 is 9.90 Å². The fourth-order valence-corrected chi connectivity index (χ4v) is 2.34. The number of carboxylic acids is 1. The first kappa shape index (κ1) is 8.77. The second-order valence-corrected chi connectivity index (χ2v) is 4.44. The standard InChI is InChI=1S/C12H13NO2/c14-11(15)12(4-5-12)9-2-1-8-3-6-13-10(8)7-9/h1-2,7,13H,3-6H2,(H,14,15). The van der Waals surface area contributed by atoms with Gasteiger partial charge in [-0.3, -0.25) is 4.79 Å². The van der Waals surface area contributed by atoms with E-state index >= 15 is 0 Å². The average Bonchev–Trinajstić information content (AvgIpc) is 2.91. The van der Waals surface area contributed by atoms with E-state index in [-0.39, 0.29) is 0 Å². The highest BCUT2D eigenvalue weighted by Gasteiger charge is 2.51. The molecule has 0 radical (unpaired) electrons. The van der Waals surface area contributed by atoms with E-state index in [9.17, 15) is 9.90 Å². The molecule has 2 N–H and O–H groups in total. The van der Waals surface area contributed by atoms with Crippen LogP contribution in [0.1, 0.15) is 24.0 Å². The molecule has 0 spiro atoms. The van der Waals surface area contributed by atoms with Crippen LogP contribution in [0.15, 0.2) is 18.2 Å². The summed E-state index contributed by atoms with van der Waals surface area (Å²) in [6, 6.07) is 6.06. The summed E-state index contributed by atoms with van der Waals surface area (Å²) in [6.07, 6.45) is 2.61. The summed E-state index contributed by atoms with van der Waals surface area (Å²) in [7, 11) is 0. The SMILES string of the molecule is O=C(O)C1(c2ccc3c(c2)NCC3)CC1. The first-order valence-electron chi connectivity index (χ1n) is 5.33. The molecule has 0 unspecified atom stereocenters. The molecule has 0 saturated heterocycles. The number of nitrogens with one attached hydrogen (secondary N) is 1. The van der Waals surface area contributed by atoms with Gasteiger partial charge in [0.25, 0.3) is 0 Å². The Balaban J connectivity index is 2.03. The number of hydrogen-bond donors (Lipinski definition) is 2. The zero-order valence-electron chi connectivity index (χ0n) is 8.42. The smallest absolute Gasteiger partial charge is 0.314 e. The molecule has 2 aliphatic rings. The first-order valence-corrected chi connectivity index (χ1v) is 5.33. The molecule has 1 aromatic carbocycles. The Morgan fingerprint density at radius 3 is 2.87 bits per heavy atom. The summed E-state index contributed by atoms with van der Waals surface area (Å²) >= 11 is 0. The number of carboxylic acid groups (broad SMARTS) is 1. The van der Waals surface area contributed by atoms with Crippen molar-refractivity contribution in [3.63, 3.8) is 0 Å². The van der Waals surface area contributed by atoms with Gasteiger partial charge < -0.3 is 10.4 Å². The molecule has 1 saturated carbocycles. The third-order valence-corrected chi connectivity index (χ3v) is 3.53. The van der Waals surface area contributed by atoms with Crippen LogP contribution in [-0.2, 0) is 16.6 Å². The molecule has 1 aromatic rings. The molecule has 1 aliphatic heterocycles. The third kappa shape index (κ3) is 1.16. The minimum atomic E-state index is -0.680. The lowest BCUT2D eigenvalue weighted by Gasteiger charge is -2.11. The first-order chi connectivity index (χ1) is 7.22. The molecule has 0 amide bonds. The van der Waals surface area contributed by atoms with E-state index in [1.165, 1.54) is 5.56 Å². The van der Waals surface area contributed by atoms with Crippen molar-refractivity contribution in [2.45, 2.75) is 24.7 Å². The number of carbonyl (C=O) groups is 1. The minimum Gasteiger partial charge on any atom is -0.481 e.